The predicted molar refractivity (Wildman–Crippen MR) is 126 cm³/mol. The maximum Gasteiger partial charge on any atom is 0.323 e. The molecule has 0 saturated heterocycles. The second kappa shape index (κ2) is 9.85. The van der Waals surface area contributed by atoms with Gasteiger partial charge in [0.15, 0.2) is 0 Å². The number of aliphatic hydroxyl groups excluding tert-OH is 1. The van der Waals surface area contributed by atoms with Gasteiger partial charge in [-0.2, -0.15) is 0 Å². The Bertz CT molecular complexity index is 1160. The molecule has 7 heteroatoms. The van der Waals surface area contributed by atoms with Crippen LogP contribution in [0.4, 0.5) is 5.69 Å². The lowest BCUT2D eigenvalue weighted by atomic mass is 9.98. The van der Waals surface area contributed by atoms with E-state index < -0.39 is 18.6 Å². The summed E-state index contributed by atoms with van der Waals surface area (Å²) in [6, 6.07) is 20.2. The minimum absolute atomic E-state index is 0.115. The van der Waals surface area contributed by atoms with E-state index in [2.05, 4.69) is 23.5 Å². The van der Waals surface area contributed by atoms with E-state index >= 15 is 0 Å². The van der Waals surface area contributed by atoms with Gasteiger partial charge in [0.2, 0.25) is 0 Å². The predicted octanol–water partition coefficient (Wildman–Crippen LogP) is 3.10. The van der Waals surface area contributed by atoms with Crippen molar-refractivity contribution in [2.45, 2.75) is 19.0 Å². The van der Waals surface area contributed by atoms with E-state index in [9.17, 15) is 14.7 Å². The normalized spacial score (nSPS) is 13.5. The Morgan fingerprint density at radius 3 is 2.58 bits per heavy atom. The fourth-order valence-electron chi connectivity index (χ4n) is 4.18. The Hall–Kier alpha value is -3.68. The van der Waals surface area contributed by atoms with E-state index in [0.29, 0.717) is 23.4 Å². The number of anilines is 1. The summed E-state index contributed by atoms with van der Waals surface area (Å²) in [6.07, 6.45) is 0.781. The van der Waals surface area contributed by atoms with E-state index in [1.807, 2.05) is 30.3 Å². The number of methoxy groups -OCH3 is 1. The molecule has 1 atom stereocenters. The van der Waals surface area contributed by atoms with Crippen molar-refractivity contribution in [1.29, 1.82) is 0 Å². The SMILES string of the molecule is COc1cc(C(=O)N2CCc3c(-c4ccccc4)cccc32)ccc1CN[C@H](CO)C(=O)O. The minimum atomic E-state index is -1.13. The molecule has 0 aliphatic carbocycles. The third-order valence-corrected chi connectivity index (χ3v) is 5.91. The van der Waals surface area contributed by atoms with Crippen LogP contribution in [0.15, 0.2) is 66.7 Å². The van der Waals surface area contributed by atoms with Crippen LogP contribution in [0, 0.1) is 0 Å². The third-order valence-electron chi connectivity index (χ3n) is 5.91. The molecule has 7 nitrogen and oxygen atoms in total. The van der Waals surface area contributed by atoms with Crippen molar-refractivity contribution < 1.29 is 24.5 Å². The zero-order chi connectivity index (χ0) is 23.4. The lowest BCUT2D eigenvalue weighted by Gasteiger charge is -2.19. The van der Waals surface area contributed by atoms with Gasteiger partial charge < -0.3 is 19.8 Å². The molecule has 3 aromatic carbocycles. The molecular formula is C26H26N2O5. The Balaban J connectivity index is 1.57. The highest BCUT2D eigenvalue weighted by atomic mass is 16.5. The second-order valence-electron chi connectivity index (χ2n) is 7.86. The fraction of sp³-hybridized carbons (Fsp3) is 0.231. The molecular weight excluding hydrogens is 420 g/mol. The number of carboxylic acids is 1. The quantitative estimate of drug-likeness (QED) is 0.492. The first-order valence-corrected chi connectivity index (χ1v) is 10.8. The summed E-state index contributed by atoms with van der Waals surface area (Å²) in [6.45, 7) is 0.260. The van der Waals surface area contributed by atoms with Crippen LogP contribution in [0.5, 0.6) is 5.75 Å². The maximum atomic E-state index is 13.4. The summed E-state index contributed by atoms with van der Waals surface area (Å²) < 4.78 is 5.45. The summed E-state index contributed by atoms with van der Waals surface area (Å²) in [4.78, 5) is 26.3. The fourth-order valence-corrected chi connectivity index (χ4v) is 4.18. The van der Waals surface area contributed by atoms with E-state index in [0.717, 1.165) is 28.8 Å². The van der Waals surface area contributed by atoms with Gasteiger partial charge in [-0.15, -0.1) is 0 Å². The number of benzene rings is 3. The van der Waals surface area contributed by atoms with Gasteiger partial charge in [-0.05, 0) is 41.3 Å². The van der Waals surface area contributed by atoms with Crippen molar-refractivity contribution in [2.24, 2.45) is 0 Å². The largest absolute Gasteiger partial charge is 0.496 e. The van der Waals surface area contributed by atoms with Crippen LogP contribution in [0.3, 0.4) is 0 Å². The first-order chi connectivity index (χ1) is 16.0. The van der Waals surface area contributed by atoms with Gasteiger partial charge in [-0.1, -0.05) is 48.5 Å². The number of carbonyl (C=O) groups excluding carboxylic acids is 1. The van der Waals surface area contributed by atoms with Crippen molar-refractivity contribution >= 4 is 17.6 Å². The topological polar surface area (TPSA) is 99.1 Å². The van der Waals surface area contributed by atoms with Crippen molar-refractivity contribution in [3.05, 3.63) is 83.4 Å². The van der Waals surface area contributed by atoms with Crippen LogP contribution < -0.4 is 15.0 Å². The molecule has 0 bridgehead atoms. The van der Waals surface area contributed by atoms with Crippen LogP contribution >= 0.6 is 0 Å². The molecule has 4 rings (SSSR count). The molecule has 3 aromatic rings. The second-order valence-corrected chi connectivity index (χ2v) is 7.86. The number of rotatable bonds is 8. The minimum Gasteiger partial charge on any atom is -0.496 e. The number of fused-ring (bicyclic) bond motifs is 1. The first-order valence-electron chi connectivity index (χ1n) is 10.8. The number of nitrogens with one attached hydrogen (secondary N) is 1. The highest BCUT2D eigenvalue weighted by Gasteiger charge is 2.28. The molecule has 1 amide bonds. The number of aliphatic carboxylic acids is 1. The zero-order valence-electron chi connectivity index (χ0n) is 18.3. The number of carbonyl (C=O) groups is 2. The van der Waals surface area contributed by atoms with Crippen molar-refractivity contribution in [2.75, 3.05) is 25.2 Å². The van der Waals surface area contributed by atoms with Crippen LogP contribution in [0.2, 0.25) is 0 Å². The zero-order valence-corrected chi connectivity index (χ0v) is 18.3. The number of hydrogen-bond donors (Lipinski definition) is 3. The van der Waals surface area contributed by atoms with Crippen molar-refractivity contribution in [3.63, 3.8) is 0 Å². The highest BCUT2D eigenvalue weighted by Crippen LogP contribution is 2.37. The number of carboxylic acid groups (broad SMARTS) is 1. The van der Waals surface area contributed by atoms with E-state index in [-0.39, 0.29) is 12.5 Å². The van der Waals surface area contributed by atoms with Crippen molar-refractivity contribution in [1.82, 2.24) is 5.32 Å². The third kappa shape index (κ3) is 4.60. The Kier molecular flexibility index (Phi) is 6.72. The number of hydrogen-bond acceptors (Lipinski definition) is 5. The molecule has 0 saturated carbocycles. The molecule has 0 fully saturated rings. The molecule has 170 valence electrons. The summed E-state index contributed by atoms with van der Waals surface area (Å²) >= 11 is 0. The first kappa shape index (κ1) is 22.5. The van der Waals surface area contributed by atoms with Gasteiger partial charge >= 0.3 is 5.97 Å². The lowest BCUT2D eigenvalue weighted by Crippen LogP contribution is -2.39. The van der Waals surface area contributed by atoms with E-state index in [1.54, 1.807) is 23.1 Å². The van der Waals surface area contributed by atoms with Gasteiger partial charge in [0, 0.05) is 29.9 Å². The van der Waals surface area contributed by atoms with Gasteiger partial charge in [-0.25, -0.2) is 0 Å². The van der Waals surface area contributed by atoms with E-state index in [4.69, 9.17) is 9.84 Å². The number of ether oxygens (including phenoxy) is 1. The van der Waals surface area contributed by atoms with Crippen LogP contribution in [-0.4, -0.2) is 48.4 Å². The molecule has 1 aliphatic heterocycles. The molecule has 1 heterocycles. The molecule has 0 radical (unpaired) electrons. The smallest absolute Gasteiger partial charge is 0.323 e. The summed E-state index contributed by atoms with van der Waals surface area (Å²) in [5.41, 5.74) is 5.53. The van der Waals surface area contributed by atoms with Crippen LogP contribution in [-0.2, 0) is 17.8 Å². The molecule has 0 spiro atoms. The standard InChI is InChI=1S/C26H26N2O5/c1-33-24-14-18(10-11-19(24)15-27-22(16-29)26(31)32)25(30)28-13-12-21-20(8-5-9-23(21)28)17-6-3-2-4-7-17/h2-11,14,22,27,29H,12-13,15-16H2,1H3,(H,31,32)/t22-/m1/s1. The van der Waals surface area contributed by atoms with Crippen LogP contribution in [0.1, 0.15) is 21.5 Å². The Labute approximate surface area is 192 Å². The number of aliphatic hydroxyl groups is 1. The lowest BCUT2D eigenvalue weighted by molar-refractivity contribution is -0.140. The number of nitrogens with zero attached hydrogens (tertiary/aromatic N) is 1. The van der Waals surface area contributed by atoms with Gasteiger partial charge in [-0.3, -0.25) is 14.9 Å². The Morgan fingerprint density at radius 2 is 1.88 bits per heavy atom. The number of amides is 1. The summed E-state index contributed by atoms with van der Waals surface area (Å²) in [7, 11) is 1.51. The highest BCUT2D eigenvalue weighted by molar-refractivity contribution is 6.08. The summed E-state index contributed by atoms with van der Waals surface area (Å²) in [5.74, 6) is -0.769. The van der Waals surface area contributed by atoms with Crippen LogP contribution in [0.25, 0.3) is 11.1 Å². The van der Waals surface area contributed by atoms with Crippen molar-refractivity contribution in [3.8, 4) is 16.9 Å². The maximum absolute atomic E-state index is 13.4. The van der Waals surface area contributed by atoms with E-state index in [1.165, 1.54) is 7.11 Å². The molecule has 33 heavy (non-hydrogen) atoms. The van der Waals surface area contributed by atoms with Gasteiger partial charge in [0.05, 0.1) is 13.7 Å². The van der Waals surface area contributed by atoms with Gasteiger partial charge in [0.1, 0.15) is 11.8 Å². The molecule has 0 unspecified atom stereocenters. The monoisotopic (exact) mass is 446 g/mol. The average molecular weight is 447 g/mol. The summed E-state index contributed by atoms with van der Waals surface area (Å²) in [5, 5.41) is 21.0. The average Bonchev–Trinajstić information content (AvgIpc) is 3.28. The molecule has 3 N–H and O–H groups in total. The Morgan fingerprint density at radius 1 is 1.09 bits per heavy atom. The van der Waals surface area contributed by atoms with Gasteiger partial charge in [0.25, 0.3) is 5.91 Å². The molecule has 1 aliphatic rings. The molecule has 0 aromatic heterocycles.